The normalized spacial score (nSPS) is 19.6. The minimum absolute atomic E-state index is 0.0422. The van der Waals surface area contributed by atoms with Crippen LogP contribution in [0.2, 0.25) is 0 Å². The Morgan fingerprint density at radius 1 is 0.931 bits per heavy atom. The third-order valence-electron chi connectivity index (χ3n) is 6.40. The Morgan fingerprint density at radius 3 is 2.45 bits per heavy atom. The largest absolute Gasteiger partial charge is 0.378 e. The van der Waals surface area contributed by atoms with E-state index in [0.717, 1.165) is 30.6 Å². The van der Waals surface area contributed by atoms with Gasteiger partial charge in [0.15, 0.2) is 0 Å². The van der Waals surface area contributed by atoms with Crippen molar-refractivity contribution in [3.05, 3.63) is 46.3 Å². The van der Waals surface area contributed by atoms with Crippen LogP contribution in [0.25, 0.3) is 10.4 Å². The highest BCUT2D eigenvalue weighted by Crippen LogP contribution is 2.40. The van der Waals surface area contributed by atoms with Gasteiger partial charge in [0, 0.05) is 37.0 Å². The Morgan fingerprint density at radius 2 is 1.66 bits per heavy atom. The lowest BCUT2D eigenvalue weighted by molar-refractivity contribution is -0.141. The Hall–Kier alpha value is -2.18. The zero-order valence-electron chi connectivity index (χ0n) is 16.6. The lowest BCUT2D eigenvalue weighted by Crippen LogP contribution is -2.47. The van der Waals surface area contributed by atoms with Crippen molar-refractivity contribution in [3.63, 3.8) is 0 Å². The molecule has 6 heteroatoms. The number of amides is 2. The maximum absolute atomic E-state index is 13.1. The zero-order valence-corrected chi connectivity index (χ0v) is 17.4. The van der Waals surface area contributed by atoms with Crippen LogP contribution in [0.1, 0.15) is 33.6 Å². The summed E-state index contributed by atoms with van der Waals surface area (Å²) in [7, 11) is 0. The fourth-order valence-electron chi connectivity index (χ4n) is 4.70. The molecule has 0 N–H and O–H groups in total. The second-order valence-electron chi connectivity index (χ2n) is 8.13. The minimum Gasteiger partial charge on any atom is -0.378 e. The van der Waals surface area contributed by atoms with Crippen LogP contribution in [-0.2, 0) is 22.4 Å². The fourth-order valence-corrected chi connectivity index (χ4v) is 5.94. The summed E-state index contributed by atoms with van der Waals surface area (Å²) in [4.78, 5) is 31.8. The van der Waals surface area contributed by atoms with Crippen LogP contribution in [0.15, 0.2) is 30.3 Å². The molecule has 1 aromatic heterocycles. The Labute approximate surface area is 175 Å². The monoisotopic (exact) mass is 410 g/mol. The SMILES string of the molecule is O=C(c1cc2c(s1)-c1ccccc1CC2)N1CCC(C(=O)N2CCOCC2)CC1. The van der Waals surface area contributed by atoms with Crippen LogP contribution in [0, 0.1) is 5.92 Å². The number of ether oxygens (including phenoxy) is 1. The van der Waals surface area contributed by atoms with Crippen molar-refractivity contribution in [2.45, 2.75) is 25.7 Å². The second kappa shape index (κ2) is 7.92. The number of benzene rings is 1. The molecule has 2 aliphatic heterocycles. The maximum atomic E-state index is 13.1. The van der Waals surface area contributed by atoms with Crippen LogP contribution < -0.4 is 0 Å². The molecule has 29 heavy (non-hydrogen) atoms. The van der Waals surface area contributed by atoms with Crippen LogP contribution in [0.3, 0.4) is 0 Å². The van der Waals surface area contributed by atoms with Gasteiger partial charge in [-0.2, -0.15) is 0 Å². The maximum Gasteiger partial charge on any atom is 0.263 e. The van der Waals surface area contributed by atoms with Crippen LogP contribution in [0.4, 0.5) is 0 Å². The predicted octanol–water partition coefficient (Wildman–Crippen LogP) is 3.22. The molecule has 2 saturated heterocycles. The highest BCUT2D eigenvalue weighted by molar-refractivity contribution is 7.17. The van der Waals surface area contributed by atoms with E-state index in [1.807, 2.05) is 9.80 Å². The first-order valence-electron chi connectivity index (χ1n) is 10.6. The molecule has 2 amide bonds. The van der Waals surface area contributed by atoms with Crippen molar-refractivity contribution in [1.82, 2.24) is 9.80 Å². The van der Waals surface area contributed by atoms with E-state index in [0.29, 0.717) is 39.4 Å². The number of carbonyl (C=O) groups is 2. The molecule has 0 saturated carbocycles. The van der Waals surface area contributed by atoms with Gasteiger partial charge in [-0.05, 0) is 48.4 Å². The number of carbonyl (C=O) groups excluding carboxylic acids is 2. The summed E-state index contributed by atoms with van der Waals surface area (Å²) >= 11 is 1.63. The number of rotatable bonds is 2. The van der Waals surface area contributed by atoms with Gasteiger partial charge in [0.05, 0.1) is 18.1 Å². The van der Waals surface area contributed by atoms with E-state index in [9.17, 15) is 9.59 Å². The molecule has 5 rings (SSSR count). The standard InChI is InChI=1S/C23H26N2O3S/c26-22(25-11-13-28-14-12-25)17-7-9-24(10-8-17)23(27)20-15-18-6-5-16-3-1-2-4-19(16)21(18)29-20/h1-4,15,17H,5-14H2. The van der Waals surface area contributed by atoms with E-state index in [1.165, 1.54) is 21.6 Å². The molecule has 0 bridgehead atoms. The van der Waals surface area contributed by atoms with Gasteiger partial charge >= 0.3 is 0 Å². The molecule has 0 atom stereocenters. The quantitative estimate of drug-likeness (QED) is 0.764. The van der Waals surface area contributed by atoms with Gasteiger partial charge in [-0.1, -0.05) is 24.3 Å². The van der Waals surface area contributed by atoms with Crippen molar-refractivity contribution >= 4 is 23.2 Å². The van der Waals surface area contributed by atoms with Gasteiger partial charge in [0.1, 0.15) is 0 Å². The highest BCUT2D eigenvalue weighted by Gasteiger charge is 2.32. The molecule has 1 aliphatic carbocycles. The molecule has 0 unspecified atom stereocenters. The summed E-state index contributed by atoms with van der Waals surface area (Å²) in [6.45, 7) is 3.99. The number of morpholine rings is 1. The van der Waals surface area contributed by atoms with Gasteiger partial charge < -0.3 is 14.5 Å². The van der Waals surface area contributed by atoms with Crippen molar-refractivity contribution in [2.24, 2.45) is 5.92 Å². The number of piperidine rings is 1. The molecular formula is C23H26N2O3S. The molecule has 2 aromatic rings. The number of thiophene rings is 1. The summed E-state index contributed by atoms with van der Waals surface area (Å²) in [5.41, 5.74) is 3.96. The van der Waals surface area contributed by atoms with Crippen LogP contribution in [-0.4, -0.2) is 61.0 Å². The molecule has 3 heterocycles. The third kappa shape index (κ3) is 3.60. The summed E-state index contributed by atoms with van der Waals surface area (Å²) < 4.78 is 5.35. The smallest absolute Gasteiger partial charge is 0.263 e. The topological polar surface area (TPSA) is 49.9 Å². The number of aryl methyl sites for hydroxylation is 2. The number of fused-ring (bicyclic) bond motifs is 3. The average molecular weight is 411 g/mol. The van der Waals surface area contributed by atoms with Gasteiger partial charge in [0.25, 0.3) is 5.91 Å². The molecule has 2 fully saturated rings. The summed E-state index contributed by atoms with van der Waals surface area (Å²) in [6, 6.07) is 10.6. The van der Waals surface area contributed by atoms with Crippen molar-refractivity contribution in [3.8, 4) is 10.4 Å². The summed E-state index contributed by atoms with van der Waals surface area (Å²) in [5.74, 6) is 0.406. The van der Waals surface area contributed by atoms with E-state index >= 15 is 0 Å². The number of nitrogens with zero attached hydrogens (tertiary/aromatic N) is 2. The van der Waals surface area contributed by atoms with E-state index < -0.39 is 0 Å². The Bertz CT molecular complexity index is 924. The van der Waals surface area contributed by atoms with E-state index in [2.05, 4.69) is 30.3 Å². The predicted molar refractivity (Wildman–Crippen MR) is 113 cm³/mol. The first kappa shape index (κ1) is 18.8. The van der Waals surface area contributed by atoms with E-state index in [1.54, 1.807) is 11.3 Å². The summed E-state index contributed by atoms with van der Waals surface area (Å²) in [5, 5.41) is 0. The molecule has 0 radical (unpaired) electrons. The summed E-state index contributed by atoms with van der Waals surface area (Å²) in [6.07, 6.45) is 3.57. The van der Waals surface area contributed by atoms with Gasteiger partial charge in [-0.3, -0.25) is 9.59 Å². The number of hydrogen-bond donors (Lipinski definition) is 0. The Kier molecular flexibility index (Phi) is 5.14. The molecule has 3 aliphatic rings. The fraction of sp³-hybridized carbons (Fsp3) is 0.478. The van der Waals surface area contributed by atoms with Crippen molar-refractivity contribution in [2.75, 3.05) is 39.4 Å². The highest BCUT2D eigenvalue weighted by atomic mass is 32.1. The molecule has 5 nitrogen and oxygen atoms in total. The molecular weight excluding hydrogens is 384 g/mol. The molecule has 1 aromatic carbocycles. The van der Waals surface area contributed by atoms with Crippen molar-refractivity contribution in [1.29, 1.82) is 0 Å². The van der Waals surface area contributed by atoms with Crippen LogP contribution >= 0.6 is 11.3 Å². The second-order valence-corrected chi connectivity index (χ2v) is 9.18. The van der Waals surface area contributed by atoms with Gasteiger partial charge in [-0.25, -0.2) is 0 Å². The van der Waals surface area contributed by atoms with Gasteiger partial charge in [0.2, 0.25) is 5.91 Å². The zero-order chi connectivity index (χ0) is 19.8. The minimum atomic E-state index is 0.0422. The number of hydrogen-bond acceptors (Lipinski definition) is 4. The number of likely N-dealkylation sites (tertiary alicyclic amines) is 1. The van der Waals surface area contributed by atoms with Crippen molar-refractivity contribution < 1.29 is 14.3 Å². The lowest BCUT2D eigenvalue weighted by Gasteiger charge is -2.35. The lowest BCUT2D eigenvalue weighted by atomic mass is 9.91. The molecule has 152 valence electrons. The van der Waals surface area contributed by atoms with E-state index in [-0.39, 0.29) is 17.7 Å². The Balaban J connectivity index is 1.25. The first-order valence-corrected chi connectivity index (χ1v) is 11.4. The van der Waals surface area contributed by atoms with Gasteiger partial charge in [-0.15, -0.1) is 11.3 Å². The molecule has 0 spiro atoms. The van der Waals surface area contributed by atoms with Crippen LogP contribution in [0.5, 0.6) is 0 Å². The van der Waals surface area contributed by atoms with E-state index in [4.69, 9.17) is 4.74 Å². The average Bonchev–Trinajstić information content (AvgIpc) is 3.24. The first-order chi connectivity index (χ1) is 14.2. The third-order valence-corrected chi connectivity index (χ3v) is 7.60.